The lowest BCUT2D eigenvalue weighted by molar-refractivity contribution is 0.243. The Bertz CT molecular complexity index is 1490. The average Bonchev–Trinajstić information content (AvgIpc) is 2.88. The first-order valence-electron chi connectivity index (χ1n) is 12.6. The van der Waals surface area contributed by atoms with Crippen LogP contribution < -0.4 is 15.4 Å². The van der Waals surface area contributed by atoms with Gasteiger partial charge < -0.3 is 15.4 Å². The molecule has 3 heterocycles. The van der Waals surface area contributed by atoms with Crippen LogP contribution in [0.4, 0.5) is 23.1 Å². The average molecular weight is 592 g/mol. The van der Waals surface area contributed by atoms with E-state index in [1.54, 1.807) is 30.4 Å². The van der Waals surface area contributed by atoms with E-state index in [-0.39, 0.29) is 33.6 Å². The Kier molecular flexibility index (Phi) is 9.00. The molecule has 0 unspecified atom stereocenters. The number of rotatable bonds is 9. The Morgan fingerprint density at radius 1 is 1.10 bits per heavy atom. The molecule has 1 aliphatic heterocycles. The van der Waals surface area contributed by atoms with E-state index in [0.29, 0.717) is 18.0 Å². The molecule has 0 fully saturated rings. The van der Waals surface area contributed by atoms with Gasteiger partial charge in [0.05, 0.1) is 28.9 Å². The van der Waals surface area contributed by atoms with Gasteiger partial charge in [0.25, 0.3) is 0 Å². The number of aryl methyl sites for hydroxylation is 1. The number of nitrogens with zero attached hydrogens (tertiary/aromatic N) is 4. The summed E-state index contributed by atoms with van der Waals surface area (Å²) in [5.41, 5.74) is 4.36. The third kappa shape index (κ3) is 6.81. The molecule has 4 rings (SSSR count). The molecule has 1 aromatic carbocycles. The van der Waals surface area contributed by atoms with Gasteiger partial charge in [-0.2, -0.15) is 4.98 Å². The summed E-state index contributed by atoms with van der Waals surface area (Å²) in [6.07, 6.45) is 5.80. The Hall–Kier alpha value is -2.92. The number of ether oxygens (including phenoxy) is 1. The van der Waals surface area contributed by atoms with Crippen molar-refractivity contribution in [2.45, 2.75) is 57.4 Å². The Morgan fingerprint density at radius 3 is 2.54 bits per heavy atom. The van der Waals surface area contributed by atoms with Crippen molar-refractivity contribution in [2.75, 3.05) is 23.7 Å². The zero-order chi connectivity index (χ0) is 28.3. The maximum atomic E-state index is 12.8. The van der Waals surface area contributed by atoms with Gasteiger partial charge >= 0.3 is 0 Å². The summed E-state index contributed by atoms with van der Waals surface area (Å²) in [6.45, 7) is 10.6. The molecular weight excluding hydrogens is 559 g/mol. The van der Waals surface area contributed by atoms with Crippen molar-refractivity contribution >= 4 is 61.9 Å². The molecule has 12 heteroatoms. The van der Waals surface area contributed by atoms with Gasteiger partial charge in [-0.15, -0.1) is 0 Å². The Balaban J connectivity index is 1.67. The number of nitrogens with one attached hydrogen (secondary N) is 2. The number of hydrogen-bond donors (Lipinski definition) is 2. The second-order valence-corrected chi connectivity index (χ2v) is 13.1. The van der Waals surface area contributed by atoms with Gasteiger partial charge in [0.2, 0.25) is 5.95 Å². The zero-order valence-corrected chi connectivity index (χ0v) is 24.8. The predicted octanol–water partition coefficient (Wildman–Crippen LogP) is 6.53. The highest BCUT2D eigenvalue weighted by Gasteiger charge is 2.25. The highest BCUT2D eigenvalue weighted by Crippen LogP contribution is 2.37. The standard InChI is InChI=1S/C27H32Cl2N6O3S/c1-16(2)38-24-14-20(19-8-11-35(29)12-9-19)18(5)13-23(24)33-27-31-15-21(28)25(34-27)32-22-7-6-10-30-26(22)39(36,37)17(3)4/h6-8,10,13-17H,9,11-12H2,1-5H3,(H2,31,32,33,34). The quantitative estimate of drug-likeness (QED) is 0.268. The van der Waals surface area contributed by atoms with E-state index in [0.717, 1.165) is 24.1 Å². The van der Waals surface area contributed by atoms with E-state index in [1.165, 1.54) is 18.0 Å². The molecule has 0 spiro atoms. The molecule has 0 amide bonds. The first-order chi connectivity index (χ1) is 18.5. The van der Waals surface area contributed by atoms with Crippen molar-refractivity contribution in [1.29, 1.82) is 0 Å². The molecule has 39 heavy (non-hydrogen) atoms. The molecule has 9 nitrogen and oxygen atoms in total. The maximum Gasteiger partial charge on any atom is 0.229 e. The Labute approximate surface area is 239 Å². The summed E-state index contributed by atoms with van der Waals surface area (Å²) in [6, 6.07) is 7.29. The third-order valence-electron chi connectivity index (χ3n) is 6.10. The van der Waals surface area contributed by atoms with Crippen LogP contribution in [0.15, 0.2) is 47.8 Å². The van der Waals surface area contributed by atoms with Crippen LogP contribution in [0.3, 0.4) is 0 Å². The number of aromatic nitrogens is 3. The molecular formula is C27H32Cl2N6O3S. The van der Waals surface area contributed by atoms with Crippen molar-refractivity contribution in [3.05, 3.63) is 58.9 Å². The number of pyridine rings is 1. The SMILES string of the molecule is Cc1cc(Nc2ncc(Cl)c(Nc3cccnc3S(=O)(=O)C(C)C)n2)c(OC(C)C)cc1C1=CCN(Cl)CC1. The second-order valence-electron chi connectivity index (χ2n) is 9.77. The number of anilines is 4. The van der Waals surface area contributed by atoms with E-state index in [9.17, 15) is 8.42 Å². The molecule has 0 radical (unpaired) electrons. The fraction of sp³-hybridized carbons (Fsp3) is 0.370. The first-order valence-corrected chi connectivity index (χ1v) is 14.9. The van der Waals surface area contributed by atoms with Crippen LogP contribution in [0, 0.1) is 6.92 Å². The molecule has 0 aliphatic carbocycles. The van der Waals surface area contributed by atoms with Gasteiger partial charge in [-0.1, -0.05) is 17.7 Å². The minimum Gasteiger partial charge on any atom is -0.489 e. The van der Waals surface area contributed by atoms with E-state index in [2.05, 4.69) is 31.7 Å². The molecule has 3 aromatic rings. The van der Waals surface area contributed by atoms with Gasteiger partial charge in [0, 0.05) is 19.3 Å². The third-order valence-corrected chi connectivity index (χ3v) is 8.79. The topological polar surface area (TPSA) is 109 Å². The number of sulfone groups is 1. The van der Waals surface area contributed by atoms with Crippen molar-refractivity contribution in [3.8, 4) is 5.75 Å². The number of benzene rings is 1. The predicted molar refractivity (Wildman–Crippen MR) is 157 cm³/mol. The van der Waals surface area contributed by atoms with Crippen molar-refractivity contribution < 1.29 is 13.2 Å². The van der Waals surface area contributed by atoms with Crippen LogP contribution in [-0.2, 0) is 9.84 Å². The van der Waals surface area contributed by atoms with Gasteiger partial charge in [0.15, 0.2) is 20.7 Å². The van der Waals surface area contributed by atoms with Gasteiger partial charge in [-0.25, -0.2) is 22.8 Å². The molecule has 2 N–H and O–H groups in total. The summed E-state index contributed by atoms with van der Waals surface area (Å²) in [7, 11) is -3.64. The highest BCUT2D eigenvalue weighted by atomic mass is 35.5. The molecule has 0 bridgehead atoms. The molecule has 1 aliphatic rings. The summed E-state index contributed by atoms with van der Waals surface area (Å²) in [4.78, 5) is 13.0. The minimum atomic E-state index is -3.64. The fourth-order valence-corrected chi connectivity index (χ4v) is 5.44. The zero-order valence-electron chi connectivity index (χ0n) is 22.5. The first kappa shape index (κ1) is 29.1. The lowest BCUT2D eigenvalue weighted by atomic mass is 9.95. The van der Waals surface area contributed by atoms with Crippen molar-refractivity contribution in [3.63, 3.8) is 0 Å². The summed E-state index contributed by atoms with van der Waals surface area (Å²) < 4.78 is 33.6. The molecule has 0 saturated carbocycles. The normalized spacial score (nSPS) is 14.4. The fourth-order valence-electron chi connectivity index (χ4n) is 4.07. The molecule has 0 saturated heterocycles. The van der Waals surface area contributed by atoms with E-state index in [1.807, 2.05) is 32.9 Å². The summed E-state index contributed by atoms with van der Waals surface area (Å²) in [5.74, 6) is 1.15. The van der Waals surface area contributed by atoms with Crippen molar-refractivity contribution in [2.24, 2.45) is 0 Å². The number of hydrogen-bond acceptors (Lipinski definition) is 9. The number of halogens is 2. The maximum absolute atomic E-state index is 12.8. The molecule has 2 aromatic heterocycles. The lowest BCUT2D eigenvalue weighted by Gasteiger charge is -2.23. The largest absolute Gasteiger partial charge is 0.489 e. The van der Waals surface area contributed by atoms with Crippen LogP contribution in [-0.4, -0.2) is 52.2 Å². The van der Waals surface area contributed by atoms with Crippen molar-refractivity contribution in [1.82, 2.24) is 19.4 Å². The highest BCUT2D eigenvalue weighted by molar-refractivity contribution is 7.92. The minimum absolute atomic E-state index is 0.0601. The van der Waals surface area contributed by atoms with Crippen LogP contribution >= 0.6 is 23.4 Å². The lowest BCUT2D eigenvalue weighted by Crippen LogP contribution is -2.19. The smallest absolute Gasteiger partial charge is 0.229 e. The van der Waals surface area contributed by atoms with E-state index in [4.69, 9.17) is 28.1 Å². The van der Waals surface area contributed by atoms with Crippen LogP contribution in [0.2, 0.25) is 5.02 Å². The van der Waals surface area contributed by atoms with Crippen LogP contribution in [0.5, 0.6) is 5.75 Å². The van der Waals surface area contributed by atoms with E-state index >= 15 is 0 Å². The van der Waals surface area contributed by atoms with Crippen LogP contribution in [0.25, 0.3) is 5.57 Å². The van der Waals surface area contributed by atoms with Gasteiger partial charge in [-0.3, -0.25) is 0 Å². The molecule has 0 atom stereocenters. The molecule has 208 valence electrons. The van der Waals surface area contributed by atoms with Crippen LogP contribution in [0.1, 0.15) is 45.2 Å². The summed E-state index contributed by atoms with van der Waals surface area (Å²) >= 11 is 12.5. The monoisotopic (exact) mass is 590 g/mol. The van der Waals surface area contributed by atoms with Gasteiger partial charge in [-0.05, 0) is 93.8 Å². The Morgan fingerprint density at radius 2 is 1.87 bits per heavy atom. The van der Waals surface area contributed by atoms with Gasteiger partial charge in [0.1, 0.15) is 10.8 Å². The van der Waals surface area contributed by atoms with E-state index < -0.39 is 15.1 Å². The second kappa shape index (κ2) is 12.1. The summed E-state index contributed by atoms with van der Waals surface area (Å²) in [5, 5.41) is 5.77.